The number of hydrogen-bond acceptors (Lipinski definition) is 4. The van der Waals surface area contributed by atoms with Crippen LogP contribution in [0, 0.1) is 6.92 Å². The minimum Gasteiger partial charge on any atom is -0.282 e. The quantitative estimate of drug-likeness (QED) is 0.437. The number of hydrazine groups is 1. The van der Waals surface area contributed by atoms with Gasteiger partial charge in [0.2, 0.25) is 0 Å². The van der Waals surface area contributed by atoms with Crippen LogP contribution in [0.3, 0.4) is 0 Å². The van der Waals surface area contributed by atoms with E-state index in [4.69, 9.17) is 4.55 Å². The van der Waals surface area contributed by atoms with Crippen molar-refractivity contribution >= 4 is 10.1 Å². The monoisotopic (exact) mass is 324 g/mol. The van der Waals surface area contributed by atoms with E-state index in [9.17, 15) is 8.42 Å². The van der Waals surface area contributed by atoms with Gasteiger partial charge in [0.15, 0.2) is 0 Å². The van der Waals surface area contributed by atoms with Crippen LogP contribution in [-0.4, -0.2) is 37.6 Å². The molecule has 0 unspecified atom stereocenters. The summed E-state index contributed by atoms with van der Waals surface area (Å²) >= 11 is 0. The minimum atomic E-state index is -4.02. The van der Waals surface area contributed by atoms with Crippen LogP contribution in [0.1, 0.15) is 5.56 Å². The zero-order valence-corrected chi connectivity index (χ0v) is 13.7. The predicted molar refractivity (Wildman–Crippen MR) is 91.2 cm³/mol. The van der Waals surface area contributed by atoms with Gasteiger partial charge < -0.3 is 0 Å². The maximum absolute atomic E-state index is 10.5. The average molecular weight is 324 g/mol. The number of hydrogen-bond donors (Lipinski definition) is 2. The van der Waals surface area contributed by atoms with Crippen LogP contribution < -0.4 is 5.43 Å². The van der Waals surface area contributed by atoms with Crippen LogP contribution in [0.2, 0.25) is 0 Å². The van der Waals surface area contributed by atoms with E-state index in [1.54, 1.807) is 12.1 Å². The highest BCUT2D eigenvalue weighted by atomic mass is 32.2. The second-order valence-corrected chi connectivity index (χ2v) is 5.84. The van der Waals surface area contributed by atoms with Crippen LogP contribution >= 0.6 is 0 Å². The SMILES string of the molecule is C=CCNN(CC=C)CC=C.Cc1ccc(S(=O)(=O)O)cc1. The summed E-state index contributed by atoms with van der Waals surface area (Å²) in [7, 11) is -4.02. The minimum absolute atomic E-state index is 0.0666. The Bertz CT molecular complexity index is 556. The maximum atomic E-state index is 10.5. The van der Waals surface area contributed by atoms with Gasteiger partial charge in [-0.25, -0.2) is 5.01 Å². The highest BCUT2D eigenvalue weighted by Gasteiger charge is 2.06. The third-order valence-corrected chi connectivity index (χ3v) is 3.34. The second kappa shape index (κ2) is 10.9. The van der Waals surface area contributed by atoms with Gasteiger partial charge in [-0.05, 0) is 19.1 Å². The summed E-state index contributed by atoms with van der Waals surface area (Å²) in [5, 5.41) is 2.02. The Hall–Kier alpha value is -1.73. The van der Waals surface area contributed by atoms with Crippen LogP contribution in [0.15, 0.2) is 67.1 Å². The van der Waals surface area contributed by atoms with Crippen molar-refractivity contribution in [1.82, 2.24) is 10.4 Å². The molecule has 0 aliphatic heterocycles. The molecule has 0 aliphatic carbocycles. The third-order valence-electron chi connectivity index (χ3n) is 2.48. The Morgan fingerprint density at radius 2 is 1.59 bits per heavy atom. The first kappa shape index (κ1) is 20.3. The van der Waals surface area contributed by atoms with Crippen molar-refractivity contribution in [1.29, 1.82) is 0 Å². The van der Waals surface area contributed by atoms with Gasteiger partial charge in [0.25, 0.3) is 10.1 Å². The maximum Gasteiger partial charge on any atom is 0.294 e. The Morgan fingerprint density at radius 3 is 1.95 bits per heavy atom. The molecule has 1 aromatic carbocycles. The summed E-state index contributed by atoms with van der Waals surface area (Å²) in [5.41, 5.74) is 4.10. The largest absolute Gasteiger partial charge is 0.294 e. The first-order chi connectivity index (χ1) is 10.3. The molecule has 0 aromatic heterocycles. The Kier molecular flexibility index (Phi) is 10.1. The fourth-order valence-corrected chi connectivity index (χ4v) is 1.90. The van der Waals surface area contributed by atoms with Gasteiger partial charge in [-0.15, -0.1) is 19.7 Å². The molecule has 0 radical (unpaired) electrons. The highest BCUT2D eigenvalue weighted by Crippen LogP contribution is 2.08. The lowest BCUT2D eigenvalue weighted by atomic mass is 10.2. The molecule has 1 aromatic rings. The molecular formula is C16H24N2O3S. The summed E-state index contributed by atoms with van der Waals surface area (Å²) < 4.78 is 29.6. The van der Waals surface area contributed by atoms with Gasteiger partial charge in [-0.3, -0.25) is 9.98 Å². The molecule has 0 saturated heterocycles. The summed E-state index contributed by atoms with van der Waals surface area (Å²) in [5.74, 6) is 0. The number of nitrogens with zero attached hydrogens (tertiary/aromatic N) is 1. The molecule has 0 spiro atoms. The first-order valence-electron chi connectivity index (χ1n) is 6.70. The molecule has 0 aliphatic rings. The lowest BCUT2D eigenvalue weighted by Gasteiger charge is -2.18. The summed E-state index contributed by atoms with van der Waals surface area (Å²) in [4.78, 5) is -0.0666. The van der Waals surface area contributed by atoms with Crippen molar-refractivity contribution in [2.75, 3.05) is 19.6 Å². The van der Waals surface area contributed by atoms with E-state index in [1.165, 1.54) is 12.1 Å². The fourth-order valence-electron chi connectivity index (χ4n) is 1.42. The molecule has 122 valence electrons. The van der Waals surface area contributed by atoms with Gasteiger partial charge in [-0.2, -0.15) is 8.42 Å². The van der Waals surface area contributed by atoms with E-state index in [0.717, 1.165) is 25.2 Å². The summed E-state index contributed by atoms with van der Waals surface area (Å²) in [6.45, 7) is 15.2. The predicted octanol–water partition coefficient (Wildman–Crippen LogP) is 2.59. The van der Waals surface area contributed by atoms with Gasteiger partial charge in [0.05, 0.1) is 4.90 Å². The molecule has 0 heterocycles. The lowest BCUT2D eigenvalue weighted by molar-refractivity contribution is 0.246. The summed E-state index contributed by atoms with van der Waals surface area (Å²) in [6, 6.07) is 5.99. The van der Waals surface area contributed by atoms with Crippen molar-refractivity contribution in [3.05, 3.63) is 67.8 Å². The van der Waals surface area contributed by atoms with E-state index in [1.807, 2.05) is 30.2 Å². The van der Waals surface area contributed by atoms with E-state index in [-0.39, 0.29) is 4.90 Å². The van der Waals surface area contributed by atoms with E-state index < -0.39 is 10.1 Å². The zero-order chi connectivity index (χ0) is 17.0. The smallest absolute Gasteiger partial charge is 0.282 e. The molecule has 1 rings (SSSR count). The van der Waals surface area contributed by atoms with Crippen molar-refractivity contribution in [3.63, 3.8) is 0 Å². The molecule has 0 saturated carbocycles. The molecule has 2 N–H and O–H groups in total. The molecule has 0 amide bonds. The number of rotatable bonds is 8. The van der Waals surface area contributed by atoms with E-state index in [2.05, 4.69) is 25.2 Å². The van der Waals surface area contributed by atoms with Gasteiger partial charge in [0.1, 0.15) is 0 Å². The normalized spacial score (nSPS) is 10.5. The number of benzene rings is 1. The Balaban J connectivity index is 0.000000401. The Labute approximate surface area is 133 Å². The molecular weight excluding hydrogens is 300 g/mol. The molecule has 5 nitrogen and oxygen atoms in total. The van der Waals surface area contributed by atoms with Crippen molar-refractivity contribution in [2.24, 2.45) is 0 Å². The molecule has 6 heteroatoms. The first-order valence-corrected chi connectivity index (χ1v) is 8.14. The van der Waals surface area contributed by atoms with Crippen LogP contribution in [0.5, 0.6) is 0 Å². The lowest BCUT2D eigenvalue weighted by Crippen LogP contribution is -2.38. The number of nitrogens with one attached hydrogen (secondary N) is 1. The fraction of sp³-hybridized carbons (Fsp3) is 0.250. The standard InChI is InChI=1S/C9H16N2.C7H8O3S/c1-4-7-10-11(8-5-2)9-6-3;1-6-2-4-7(5-3-6)11(8,9)10/h4-6,10H,1-3,7-9H2;2-5H,1H3,(H,8,9,10). The highest BCUT2D eigenvalue weighted by molar-refractivity contribution is 7.85. The van der Waals surface area contributed by atoms with Crippen LogP contribution in [0.25, 0.3) is 0 Å². The van der Waals surface area contributed by atoms with Gasteiger partial charge in [0, 0.05) is 19.6 Å². The molecule has 22 heavy (non-hydrogen) atoms. The van der Waals surface area contributed by atoms with Crippen LogP contribution in [-0.2, 0) is 10.1 Å². The molecule has 0 fully saturated rings. The van der Waals surface area contributed by atoms with Gasteiger partial charge >= 0.3 is 0 Å². The van der Waals surface area contributed by atoms with Crippen molar-refractivity contribution in [2.45, 2.75) is 11.8 Å². The average Bonchev–Trinajstić information content (AvgIpc) is 2.45. The molecule has 0 bridgehead atoms. The van der Waals surface area contributed by atoms with Crippen molar-refractivity contribution < 1.29 is 13.0 Å². The van der Waals surface area contributed by atoms with Crippen molar-refractivity contribution in [3.8, 4) is 0 Å². The van der Waals surface area contributed by atoms with E-state index in [0.29, 0.717) is 0 Å². The van der Waals surface area contributed by atoms with E-state index >= 15 is 0 Å². The number of aryl methyl sites for hydroxylation is 1. The third kappa shape index (κ3) is 9.25. The van der Waals surface area contributed by atoms with Gasteiger partial charge in [-0.1, -0.05) is 35.9 Å². The molecule has 0 atom stereocenters. The van der Waals surface area contributed by atoms with Crippen LogP contribution in [0.4, 0.5) is 0 Å². The summed E-state index contributed by atoms with van der Waals surface area (Å²) in [6.07, 6.45) is 5.51. The second-order valence-electron chi connectivity index (χ2n) is 4.42. The Morgan fingerprint density at radius 1 is 1.09 bits per heavy atom. The topological polar surface area (TPSA) is 69.6 Å². The zero-order valence-electron chi connectivity index (χ0n) is 12.9.